The Kier molecular flexibility index (Phi) is 3.23. The predicted octanol–water partition coefficient (Wildman–Crippen LogP) is 2.04. The monoisotopic (exact) mass is 260 g/mol. The second-order valence-electron chi connectivity index (χ2n) is 3.41. The number of ether oxygens (including phenoxy) is 1. The minimum absolute atomic E-state index is 0.248. The maximum Gasteiger partial charge on any atom is 0.265 e. The fourth-order valence-electron chi connectivity index (χ4n) is 1.51. The number of carbonyl (C=O) groups is 1. The lowest BCUT2D eigenvalue weighted by Gasteiger charge is -2.26. The van der Waals surface area contributed by atoms with E-state index >= 15 is 0 Å². The van der Waals surface area contributed by atoms with Crippen molar-refractivity contribution in [2.75, 3.05) is 11.9 Å². The summed E-state index contributed by atoms with van der Waals surface area (Å²) in [6, 6.07) is 3.23. The molecule has 0 fully saturated rings. The van der Waals surface area contributed by atoms with Crippen LogP contribution in [0.5, 0.6) is 5.75 Å². The average Bonchev–Trinajstić information content (AvgIpc) is 2.26. The highest BCUT2D eigenvalue weighted by Crippen LogP contribution is 2.41. The maximum absolute atomic E-state index is 11.6. The third kappa shape index (κ3) is 1.96. The lowest BCUT2D eigenvalue weighted by molar-refractivity contribution is -0.123. The number of nitrogens with one attached hydrogen (secondary N) is 1. The molecule has 1 aliphatic heterocycles. The molecule has 0 spiro atoms. The van der Waals surface area contributed by atoms with E-state index < -0.39 is 6.10 Å². The fraction of sp³-hybridized carbons (Fsp3) is 0.300. The van der Waals surface area contributed by atoms with Crippen molar-refractivity contribution in [3.63, 3.8) is 0 Å². The van der Waals surface area contributed by atoms with Gasteiger partial charge in [0.15, 0.2) is 11.9 Å². The SMILES string of the molecule is NCCC1Oc2c(Cl)ccc(Cl)c2NC1=O. The molecule has 1 unspecified atom stereocenters. The summed E-state index contributed by atoms with van der Waals surface area (Å²) in [6.07, 6.45) is -0.165. The number of anilines is 1. The van der Waals surface area contributed by atoms with Crippen LogP contribution >= 0.6 is 23.2 Å². The third-order valence-electron chi connectivity index (χ3n) is 2.29. The molecular weight excluding hydrogens is 251 g/mol. The van der Waals surface area contributed by atoms with Crippen LogP contribution in [-0.2, 0) is 4.79 Å². The first kappa shape index (κ1) is 11.5. The lowest BCUT2D eigenvalue weighted by atomic mass is 10.1. The van der Waals surface area contributed by atoms with Crippen molar-refractivity contribution in [1.82, 2.24) is 0 Å². The Labute approximate surface area is 103 Å². The minimum Gasteiger partial charge on any atom is -0.477 e. The third-order valence-corrected chi connectivity index (χ3v) is 2.90. The van der Waals surface area contributed by atoms with E-state index in [0.717, 1.165) is 0 Å². The number of hydrogen-bond acceptors (Lipinski definition) is 3. The molecule has 1 heterocycles. The van der Waals surface area contributed by atoms with Crippen LogP contribution in [0, 0.1) is 0 Å². The second kappa shape index (κ2) is 4.49. The van der Waals surface area contributed by atoms with E-state index in [2.05, 4.69) is 5.32 Å². The molecule has 1 aromatic carbocycles. The van der Waals surface area contributed by atoms with E-state index in [1.54, 1.807) is 12.1 Å². The minimum atomic E-state index is -0.603. The molecule has 4 nitrogen and oxygen atoms in total. The summed E-state index contributed by atoms with van der Waals surface area (Å²) in [6.45, 7) is 0.367. The van der Waals surface area contributed by atoms with E-state index in [9.17, 15) is 4.79 Å². The summed E-state index contributed by atoms with van der Waals surface area (Å²) >= 11 is 11.9. The van der Waals surface area contributed by atoms with Gasteiger partial charge in [-0.05, 0) is 18.7 Å². The lowest BCUT2D eigenvalue weighted by Crippen LogP contribution is -2.38. The van der Waals surface area contributed by atoms with E-state index in [-0.39, 0.29) is 5.91 Å². The van der Waals surface area contributed by atoms with Gasteiger partial charge in [-0.15, -0.1) is 0 Å². The first-order valence-corrected chi connectivity index (χ1v) is 5.54. The van der Waals surface area contributed by atoms with Crippen molar-refractivity contribution in [2.45, 2.75) is 12.5 Å². The fourth-order valence-corrected chi connectivity index (χ4v) is 1.90. The van der Waals surface area contributed by atoms with Gasteiger partial charge in [0, 0.05) is 6.42 Å². The van der Waals surface area contributed by atoms with Crippen molar-refractivity contribution in [1.29, 1.82) is 0 Å². The highest BCUT2D eigenvalue weighted by Gasteiger charge is 2.29. The summed E-state index contributed by atoms with van der Waals surface area (Å²) < 4.78 is 5.49. The molecule has 0 aromatic heterocycles. The Balaban J connectivity index is 2.38. The molecule has 0 saturated heterocycles. The normalized spacial score (nSPS) is 18.7. The first-order valence-electron chi connectivity index (χ1n) is 4.79. The van der Waals surface area contributed by atoms with E-state index in [1.807, 2.05) is 0 Å². The number of amides is 1. The van der Waals surface area contributed by atoms with Gasteiger partial charge in [0.1, 0.15) is 5.69 Å². The van der Waals surface area contributed by atoms with Crippen LogP contribution < -0.4 is 15.8 Å². The number of benzene rings is 1. The van der Waals surface area contributed by atoms with E-state index in [4.69, 9.17) is 33.7 Å². The topological polar surface area (TPSA) is 64.3 Å². The Hall–Kier alpha value is -0.970. The summed E-state index contributed by atoms with van der Waals surface area (Å²) in [4.78, 5) is 11.6. The quantitative estimate of drug-likeness (QED) is 0.856. The number of nitrogens with two attached hydrogens (primary N) is 1. The molecule has 16 heavy (non-hydrogen) atoms. The van der Waals surface area contributed by atoms with E-state index in [1.165, 1.54) is 0 Å². The maximum atomic E-state index is 11.6. The second-order valence-corrected chi connectivity index (χ2v) is 4.22. The Morgan fingerprint density at radius 2 is 2.06 bits per heavy atom. The molecule has 1 atom stereocenters. The van der Waals surface area contributed by atoms with Crippen molar-refractivity contribution in [3.05, 3.63) is 22.2 Å². The van der Waals surface area contributed by atoms with Gasteiger partial charge in [0.05, 0.1) is 10.0 Å². The molecule has 1 amide bonds. The first-order chi connectivity index (χ1) is 7.63. The van der Waals surface area contributed by atoms with Gasteiger partial charge in [-0.2, -0.15) is 0 Å². The summed E-state index contributed by atoms with van der Waals surface area (Å²) in [5, 5.41) is 3.49. The molecule has 0 bridgehead atoms. The summed E-state index contributed by atoms with van der Waals surface area (Å²) in [5.74, 6) is 0.161. The zero-order chi connectivity index (χ0) is 11.7. The Bertz CT molecular complexity index is 437. The molecule has 1 aromatic rings. The molecule has 3 N–H and O–H groups in total. The van der Waals surface area contributed by atoms with Crippen LogP contribution in [0.3, 0.4) is 0 Å². The molecular formula is C10H10Cl2N2O2. The molecule has 2 rings (SSSR count). The highest BCUT2D eigenvalue weighted by atomic mass is 35.5. The zero-order valence-corrected chi connectivity index (χ0v) is 9.81. The molecule has 0 aliphatic carbocycles. The number of halogens is 2. The average molecular weight is 261 g/mol. The van der Waals surface area contributed by atoms with Crippen molar-refractivity contribution in [3.8, 4) is 5.75 Å². The van der Waals surface area contributed by atoms with Crippen LogP contribution in [-0.4, -0.2) is 18.6 Å². The van der Waals surface area contributed by atoms with Gasteiger partial charge in [0.2, 0.25) is 0 Å². The van der Waals surface area contributed by atoms with Crippen molar-refractivity contribution in [2.24, 2.45) is 5.73 Å². The van der Waals surface area contributed by atoms with Gasteiger partial charge >= 0.3 is 0 Å². The predicted molar refractivity (Wildman–Crippen MR) is 63.2 cm³/mol. The van der Waals surface area contributed by atoms with Crippen molar-refractivity contribution < 1.29 is 9.53 Å². The van der Waals surface area contributed by atoms with Gasteiger partial charge < -0.3 is 15.8 Å². The van der Waals surface area contributed by atoms with Crippen LogP contribution in [0.2, 0.25) is 10.0 Å². The number of hydrogen-bond donors (Lipinski definition) is 2. The Morgan fingerprint density at radius 3 is 2.75 bits per heavy atom. The molecule has 0 radical (unpaired) electrons. The van der Waals surface area contributed by atoms with Crippen LogP contribution in [0.15, 0.2) is 12.1 Å². The molecule has 0 saturated carbocycles. The highest BCUT2D eigenvalue weighted by molar-refractivity contribution is 6.37. The number of fused-ring (bicyclic) bond motifs is 1. The standard InChI is InChI=1S/C10H10Cl2N2O2/c11-5-1-2-6(12)9-8(5)14-10(15)7(16-9)3-4-13/h1-2,7H,3-4,13H2,(H,14,15). The van der Waals surface area contributed by atoms with Crippen LogP contribution in [0.25, 0.3) is 0 Å². The smallest absolute Gasteiger partial charge is 0.265 e. The number of carbonyl (C=O) groups excluding carboxylic acids is 1. The van der Waals surface area contributed by atoms with Gasteiger partial charge in [-0.25, -0.2) is 0 Å². The van der Waals surface area contributed by atoms with Crippen molar-refractivity contribution >= 4 is 34.8 Å². The Morgan fingerprint density at radius 1 is 1.38 bits per heavy atom. The van der Waals surface area contributed by atoms with Gasteiger partial charge in [-0.1, -0.05) is 23.2 Å². The number of rotatable bonds is 2. The molecule has 1 aliphatic rings. The molecule has 86 valence electrons. The summed E-state index contributed by atoms with van der Waals surface area (Å²) in [7, 11) is 0. The summed E-state index contributed by atoms with van der Waals surface area (Å²) in [5.41, 5.74) is 5.81. The van der Waals surface area contributed by atoms with Crippen LogP contribution in [0.4, 0.5) is 5.69 Å². The van der Waals surface area contributed by atoms with Gasteiger partial charge in [0.25, 0.3) is 5.91 Å². The van der Waals surface area contributed by atoms with Gasteiger partial charge in [-0.3, -0.25) is 4.79 Å². The van der Waals surface area contributed by atoms with E-state index in [0.29, 0.717) is 34.4 Å². The van der Waals surface area contributed by atoms with Crippen LogP contribution in [0.1, 0.15) is 6.42 Å². The zero-order valence-electron chi connectivity index (χ0n) is 8.30. The molecule has 6 heteroatoms. The largest absolute Gasteiger partial charge is 0.477 e.